The fourth-order valence-corrected chi connectivity index (χ4v) is 4.02. The second-order valence-electron chi connectivity index (χ2n) is 3.56. The SMILES string of the molecule is CCP(CC)CC.CCP(CC)CC.[CH3][Pd][CH3]. The molecule has 0 rings (SSSR count). The Morgan fingerprint density at radius 2 is 0.647 bits per heavy atom. The molecule has 0 radical (unpaired) electrons. The third-order valence-electron chi connectivity index (χ3n) is 2.68. The first-order chi connectivity index (χ1) is 8.11. The molecule has 112 valence electrons. The molecule has 0 aliphatic rings. The number of hydrogen-bond donors (Lipinski definition) is 0. The second kappa shape index (κ2) is 22.7. The van der Waals surface area contributed by atoms with Crippen molar-refractivity contribution in [1.29, 1.82) is 0 Å². The zero-order valence-electron chi connectivity index (χ0n) is 13.5. The van der Waals surface area contributed by atoms with Crippen LogP contribution in [0.1, 0.15) is 41.5 Å². The van der Waals surface area contributed by atoms with E-state index in [0.29, 0.717) is 15.8 Å². The van der Waals surface area contributed by atoms with Gasteiger partial charge in [0.25, 0.3) is 0 Å². The van der Waals surface area contributed by atoms with Crippen molar-refractivity contribution in [3.63, 3.8) is 0 Å². The number of rotatable bonds is 6. The van der Waals surface area contributed by atoms with E-state index in [4.69, 9.17) is 0 Å². The molecular weight excluding hydrogens is 337 g/mol. The molecule has 0 saturated carbocycles. The molecule has 0 unspecified atom stereocenters. The molecular formula is C14H36P2Pd. The molecule has 0 aliphatic carbocycles. The summed E-state index contributed by atoms with van der Waals surface area (Å²) >= 11 is 0.950. The fourth-order valence-electron chi connectivity index (χ4n) is 1.34. The van der Waals surface area contributed by atoms with Gasteiger partial charge in [-0.25, -0.2) is 0 Å². The van der Waals surface area contributed by atoms with Gasteiger partial charge in [0.2, 0.25) is 0 Å². The van der Waals surface area contributed by atoms with E-state index in [1.165, 1.54) is 37.0 Å². The first-order valence-electron chi connectivity index (χ1n) is 6.77. The van der Waals surface area contributed by atoms with Crippen LogP contribution in [-0.2, 0) is 18.0 Å². The van der Waals surface area contributed by atoms with Crippen LogP contribution in [0.4, 0.5) is 0 Å². The van der Waals surface area contributed by atoms with Crippen molar-refractivity contribution in [2.45, 2.75) is 52.3 Å². The van der Waals surface area contributed by atoms with E-state index < -0.39 is 0 Å². The molecule has 0 saturated heterocycles. The maximum atomic E-state index is 2.29. The van der Waals surface area contributed by atoms with Gasteiger partial charge >= 0.3 is 28.8 Å². The van der Waals surface area contributed by atoms with Crippen LogP contribution in [0.5, 0.6) is 0 Å². The van der Waals surface area contributed by atoms with Gasteiger partial charge in [0.1, 0.15) is 0 Å². The van der Waals surface area contributed by atoms with Crippen LogP contribution >= 0.6 is 15.8 Å². The van der Waals surface area contributed by atoms with E-state index in [0.717, 1.165) is 18.0 Å². The summed E-state index contributed by atoms with van der Waals surface area (Å²) < 4.78 is 0. The van der Waals surface area contributed by atoms with E-state index in [1.54, 1.807) is 0 Å². The van der Waals surface area contributed by atoms with E-state index in [-0.39, 0.29) is 0 Å². The van der Waals surface area contributed by atoms with Crippen molar-refractivity contribution in [3.05, 3.63) is 0 Å². The van der Waals surface area contributed by atoms with Gasteiger partial charge < -0.3 is 0 Å². The molecule has 0 fully saturated rings. The van der Waals surface area contributed by atoms with Crippen LogP contribution in [0.2, 0.25) is 10.8 Å². The molecule has 0 atom stereocenters. The molecule has 0 aromatic heterocycles. The summed E-state index contributed by atoms with van der Waals surface area (Å²) in [7, 11) is 0.892. The van der Waals surface area contributed by atoms with Crippen molar-refractivity contribution >= 4 is 15.8 Å². The molecule has 0 N–H and O–H groups in total. The van der Waals surface area contributed by atoms with Crippen LogP contribution in [-0.4, -0.2) is 37.0 Å². The summed E-state index contributed by atoms with van der Waals surface area (Å²) in [5.41, 5.74) is 0. The normalized spacial score (nSPS) is 9.76. The Bertz CT molecular complexity index is 79.4. The van der Waals surface area contributed by atoms with E-state index in [1.807, 2.05) is 0 Å². The van der Waals surface area contributed by atoms with Crippen LogP contribution in [0.25, 0.3) is 0 Å². The van der Waals surface area contributed by atoms with Gasteiger partial charge in [-0.15, -0.1) is 15.8 Å². The summed E-state index contributed by atoms with van der Waals surface area (Å²) in [4.78, 5) is 0. The van der Waals surface area contributed by atoms with Gasteiger partial charge in [-0.05, 0) is 37.0 Å². The molecule has 0 heterocycles. The van der Waals surface area contributed by atoms with Crippen LogP contribution in [0.3, 0.4) is 0 Å². The van der Waals surface area contributed by atoms with Crippen LogP contribution in [0.15, 0.2) is 0 Å². The van der Waals surface area contributed by atoms with Gasteiger partial charge in [0.15, 0.2) is 0 Å². The van der Waals surface area contributed by atoms with Crippen LogP contribution < -0.4 is 0 Å². The van der Waals surface area contributed by atoms with E-state index in [9.17, 15) is 0 Å². The van der Waals surface area contributed by atoms with Crippen molar-refractivity contribution < 1.29 is 18.0 Å². The average Bonchev–Trinajstić information content (AvgIpc) is 2.35. The molecule has 0 spiro atoms. The minimum atomic E-state index is 0.446. The molecule has 0 aliphatic heterocycles. The Morgan fingerprint density at radius 1 is 0.529 bits per heavy atom. The predicted molar refractivity (Wildman–Crippen MR) is 88.8 cm³/mol. The standard InChI is InChI=1S/2C6H15P.2CH3.Pd/c2*1-4-7(5-2)6-3;;;/h2*4-6H2,1-3H3;2*1H3;. The third kappa shape index (κ3) is 23.1. The quantitative estimate of drug-likeness (QED) is 0.383. The van der Waals surface area contributed by atoms with Crippen molar-refractivity contribution in [2.75, 3.05) is 37.0 Å². The summed E-state index contributed by atoms with van der Waals surface area (Å²) in [6, 6.07) is 0. The van der Waals surface area contributed by atoms with Gasteiger partial charge in [0.05, 0.1) is 0 Å². The third-order valence-corrected chi connectivity index (χ3v) is 8.05. The molecule has 0 aromatic carbocycles. The first-order valence-corrected chi connectivity index (χ1v) is 13.7. The Balaban J connectivity index is -0.000000188. The van der Waals surface area contributed by atoms with Crippen LogP contribution in [0, 0.1) is 0 Å². The summed E-state index contributed by atoms with van der Waals surface area (Å²) in [6.45, 7) is 13.7. The zero-order valence-corrected chi connectivity index (χ0v) is 16.8. The monoisotopic (exact) mass is 372 g/mol. The molecule has 0 nitrogen and oxygen atoms in total. The molecule has 17 heavy (non-hydrogen) atoms. The predicted octanol–water partition coefficient (Wildman–Crippen LogP) is 6.22. The average molecular weight is 373 g/mol. The molecule has 0 bridgehead atoms. The van der Waals surface area contributed by atoms with Crippen molar-refractivity contribution in [2.24, 2.45) is 0 Å². The fraction of sp³-hybridized carbons (Fsp3) is 1.00. The molecule has 0 aromatic rings. The first kappa shape index (κ1) is 23.6. The molecule has 3 heteroatoms. The Morgan fingerprint density at radius 3 is 0.647 bits per heavy atom. The van der Waals surface area contributed by atoms with E-state index in [2.05, 4.69) is 52.3 Å². The number of hydrogen-bond acceptors (Lipinski definition) is 0. The van der Waals surface area contributed by atoms with Gasteiger partial charge in [-0.3, -0.25) is 0 Å². The minimum absolute atomic E-state index is 0.446. The Kier molecular flexibility index (Phi) is 31.5. The van der Waals surface area contributed by atoms with Gasteiger partial charge in [-0.1, -0.05) is 41.5 Å². The zero-order chi connectivity index (χ0) is 14.1. The van der Waals surface area contributed by atoms with Crippen molar-refractivity contribution in [3.8, 4) is 0 Å². The van der Waals surface area contributed by atoms with Gasteiger partial charge in [-0.2, -0.15) is 0 Å². The van der Waals surface area contributed by atoms with Gasteiger partial charge in [0, 0.05) is 0 Å². The Hall–Kier alpha value is 1.52. The van der Waals surface area contributed by atoms with E-state index >= 15 is 0 Å². The summed E-state index contributed by atoms with van der Waals surface area (Å²) in [6.07, 6.45) is 8.51. The van der Waals surface area contributed by atoms with Crippen molar-refractivity contribution in [1.82, 2.24) is 0 Å². The summed E-state index contributed by atoms with van der Waals surface area (Å²) in [5, 5.41) is 4.35. The second-order valence-corrected chi connectivity index (χ2v) is 11.6. The topological polar surface area (TPSA) is 0 Å². The summed E-state index contributed by atoms with van der Waals surface area (Å²) in [5.74, 6) is 0. The Labute approximate surface area is 123 Å². The molecule has 0 amide bonds. The maximum absolute atomic E-state index is 2.29.